The van der Waals surface area contributed by atoms with Gasteiger partial charge in [-0.05, 0) is 12.1 Å². The maximum atomic E-state index is 12.1. The standard InChI is InChI=1S/C35H43N3O20/c1-16(39)47-14-26-28(49-18(3)41)30(51-20(5)43)32(53-22(7)45)34(55-26)57-36-12-24-10-9-11-25(38-24)13-37-58-35-33(54-23(8)46)31(52-21(6)44)29(50-19(4)42)27(56-35)15-48-17(2)40/h9-13,26-35H,14-15H2,1-8H3/b36-12+,37-13+/t26-,27-,28-,29-,30+,31+,32-,33-,34+,35+/m1/s1. The largest absolute Gasteiger partial charge is 0.463 e. The van der Waals surface area contributed by atoms with E-state index < -0.39 is 122 Å². The van der Waals surface area contributed by atoms with E-state index in [-0.39, 0.29) is 11.4 Å². The predicted molar refractivity (Wildman–Crippen MR) is 186 cm³/mol. The molecule has 3 rings (SSSR count). The number of carbonyl (C=O) groups is 8. The summed E-state index contributed by atoms with van der Waals surface area (Å²) in [6.45, 7) is 7.71. The quantitative estimate of drug-likeness (QED) is 0.0913. The van der Waals surface area contributed by atoms with Crippen molar-refractivity contribution in [2.45, 2.75) is 117 Å². The molecule has 2 aliphatic heterocycles. The Bertz CT molecular complexity index is 1610. The zero-order chi connectivity index (χ0) is 43.1. The van der Waals surface area contributed by atoms with Gasteiger partial charge in [-0.1, -0.05) is 16.4 Å². The molecule has 0 spiro atoms. The third kappa shape index (κ3) is 14.7. The lowest BCUT2D eigenvalue weighted by molar-refractivity contribution is -0.308. The van der Waals surface area contributed by atoms with Crippen molar-refractivity contribution < 1.29 is 95.4 Å². The monoisotopic (exact) mass is 825 g/mol. The topological polar surface area (TPSA) is 285 Å². The van der Waals surface area contributed by atoms with Gasteiger partial charge in [-0.3, -0.25) is 38.4 Å². The summed E-state index contributed by atoms with van der Waals surface area (Å²) in [7, 11) is 0. The van der Waals surface area contributed by atoms with Crippen LogP contribution in [0.4, 0.5) is 0 Å². The van der Waals surface area contributed by atoms with Crippen LogP contribution in [0.2, 0.25) is 0 Å². The number of aromatic nitrogens is 1. The van der Waals surface area contributed by atoms with Crippen molar-refractivity contribution in [1.82, 2.24) is 4.98 Å². The van der Waals surface area contributed by atoms with Crippen molar-refractivity contribution in [2.24, 2.45) is 10.3 Å². The van der Waals surface area contributed by atoms with Gasteiger partial charge in [0.1, 0.15) is 25.4 Å². The van der Waals surface area contributed by atoms with Crippen LogP contribution in [-0.2, 0) is 95.4 Å². The van der Waals surface area contributed by atoms with Gasteiger partial charge in [0.05, 0.1) is 23.8 Å². The Hall–Kier alpha value is -6.23. The Kier molecular flexibility index (Phi) is 17.4. The average Bonchev–Trinajstić information content (AvgIpc) is 3.10. The Morgan fingerprint density at radius 1 is 0.500 bits per heavy atom. The molecular formula is C35H43N3O20. The van der Waals surface area contributed by atoms with Gasteiger partial charge >= 0.3 is 47.8 Å². The van der Waals surface area contributed by atoms with Crippen molar-refractivity contribution in [3.8, 4) is 0 Å². The van der Waals surface area contributed by atoms with Crippen molar-refractivity contribution >= 4 is 60.2 Å². The fourth-order valence-corrected chi connectivity index (χ4v) is 5.45. The molecule has 1 aromatic rings. The van der Waals surface area contributed by atoms with Crippen LogP contribution in [0.25, 0.3) is 0 Å². The Morgan fingerprint density at radius 2 is 0.810 bits per heavy atom. The minimum absolute atomic E-state index is 0.155. The summed E-state index contributed by atoms with van der Waals surface area (Å²) in [6.07, 6.45) is -12.4. The van der Waals surface area contributed by atoms with E-state index in [0.29, 0.717) is 0 Å². The first kappa shape index (κ1) is 46.2. The summed E-state index contributed by atoms with van der Waals surface area (Å²) >= 11 is 0. The lowest BCUT2D eigenvalue weighted by atomic mass is 9.98. The Labute approximate surface area is 330 Å². The van der Waals surface area contributed by atoms with Crippen LogP contribution in [0.5, 0.6) is 0 Å². The molecule has 23 nitrogen and oxygen atoms in total. The second-order valence-electron chi connectivity index (χ2n) is 12.3. The van der Waals surface area contributed by atoms with Gasteiger partial charge in [0, 0.05) is 55.4 Å². The number of pyridine rings is 1. The van der Waals surface area contributed by atoms with Gasteiger partial charge in [-0.15, -0.1) is 0 Å². The van der Waals surface area contributed by atoms with E-state index in [1.165, 1.54) is 12.1 Å². The SMILES string of the molecule is CC(=O)OC[C@H]1O[C@@H](O/N=C/c2cccc(/C=N/O[C@@H]3O[C@H](COC(C)=O)[C@@H](OC(C)=O)[C@H](OC(C)=O)[C@H]3OC(C)=O)n2)[C@H](OC(C)=O)[C@@H](OC(C)=O)[C@@H]1OC(C)=O. The molecule has 0 unspecified atom stereocenters. The van der Waals surface area contributed by atoms with Crippen LogP contribution < -0.4 is 0 Å². The first-order valence-electron chi connectivity index (χ1n) is 17.3. The second-order valence-corrected chi connectivity index (χ2v) is 12.3. The van der Waals surface area contributed by atoms with Crippen LogP contribution >= 0.6 is 0 Å². The van der Waals surface area contributed by atoms with E-state index in [0.717, 1.165) is 67.8 Å². The lowest BCUT2D eigenvalue weighted by Gasteiger charge is -2.42. The highest BCUT2D eigenvalue weighted by Gasteiger charge is 2.55. The van der Waals surface area contributed by atoms with E-state index in [2.05, 4.69) is 15.3 Å². The Morgan fingerprint density at radius 3 is 1.12 bits per heavy atom. The molecule has 58 heavy (non-hydrogen) atoms. The smallest absolute Gasteiger partial charge is 0.303 e. The number of carbonyl (C=O) groups excluding carboxylic acids is 8. The molecular weight excluding hydrogens is 782 g/mol. The van der Waals surface area contributed by atoms with Gasteiger partial charge < -0.3 is 57.0 Å². The van der Waals surface area contributed by atoms with E-state index in [1.807, 2.05) is 0 Å². The van der Waals surface area contributed by atoms with Gasteiger partial charge in [-0.25, -0.2) is 4.98 Å². The first-order chi connectivity index (χ1) is 27.3. The first-order valence-corrected chi connectivity index (χ1v) is 17.3. The third-order valence-corrected chi connectivity index (χ3v) is 7.39. The van der Waals surface area contributed by atoms with E-state index in [9.17, 15) is 38.4 Å². The average molecular weight is 826 g/mol. The number of hydrogen-bond acceptors (Lipinski definition) is 23. The maximum absolute atomic E-state index is 12.1. The second kappa shape index (κ2) is 21.9. The van der Waals surface area contributed by atoms with E-state index in [4.69, 9.17) is 57.0 Å². The number of nitrogens with zero attached hydrogens (tertiary/aromatic N) is 3. The van der Waals surface area contributed by atoms with Crippen LogP contribution in [0.1, 0.15) is 66.8 Å². The minimum Gasteiger partial charge on any atom is -0.463 e. The van der Waals surface area contributed by atoms with E-state index >= 15 is 0 Å². The summed E-state index contributed by atoms with van der Waals surface area (Å²) < 4.78 is 53.8. The number of hydrogen-bond donors (Lipinski definition) is 0. The van der Waals surface area contributed by atoms with E-state index in [1.54, 1.807) is 6.07 Å². The van der Waals surface area contributed by atoms with Crippen molar-refractivity contribution in [3.63, 3.8) is 0 Å². The van der Waals surface area contributed by atoms with Crippen LogP contribution in [0.15, 0.2) is 28.5 Å². The lowest BCUT2D eigenvalue weighted by Crippen LogP contribution is -2.62. The highest BCUT2D eigenvalue weighted by atomic mass is 16.8. The van der Waals surface area contributed by atoms with Gasteiger partial charge in [0.25, 0.3) is 12.6 Å². The molecule has 0 radical (unpaired) electrons. The van der Waals surface area contributed by atoms with Gasteiger partial charge in [-0.2, -0.15) is 0 Å². The van der Waals surface area contributed by atoms with Crippen LogP contribution in [0, 0.1) is 0 Å². The molecule has 318 valence electrons. The number of esters is 8. The molecule has 3 heterocycles. The van der Waals surface area contributed by atoms with Gasteiger partial charge in [0.15, 0.2) is 24.4 Å². The number of ether oxygens (including phenoxy) is 10. The predicted octanol–water partition coefficient (Wildman–Crippen LogP) is -0.0512. The third-order valence-electron chi connectivity index (χ3n) is 7.39. The highest BCUT2D eigenvalue weighted by Crippen LogP contribution is 2.31. The number of oxime groups is 2. The molecule has 0 amide bonds. The van der Waals surface area contributed by atoms with Crippen LogP contribution in [0.3, 0.4) is 0 Å². The molecule has 0 aromatic carbocycles. The molecule has 2 fully saturated rings. The zero-order valence-corrected chi connectivity index (χ0v) is 32.6. The Balaban J connectivity index is 1.86. The summed E-state index contributed by atoms with van der Waals surface area (Å²) in [5.74, 6) is -6.39. The fourth-order valence-electron chi connectivity index (χ4n) is 5.45. The maximum Gasteiger partial charge on any atom is 0.303 e. The normalized spacial score (nSPS) is 26.7. The fraction of sp³-hybridized carbons (Fsp3) is 0.571. The molecule has 23 heteroatoms. The van der Waals surface area contributed by atoms with Crippen molar-refractivity contribution in [3.05, 3.63) is 29.6 Å². The summed E-state index contributed by atoms with van der Waals surface area (Å²) in [5.41, 5.74) is 0.309. The zero-order valence-electron chi connectivity index (χ0n) is 32.6. The summed E-state index contributed by atoms with van der Waals surface area (Å²) in [5, 5.41) is 7.73. The summed E-state index contributed by atoms with van der Waals surface area (Å²) in [4.78, 5) is 111. The molecule has 0 saturated carbocycles. The highest BCUT2D eigenvalue weighted by molar-refractivity contribution is 5.81. The molecule has 1 aromatic heterocycles. The molecule has 0 N–H and O–H groups in total. The molecule has 10 atom stereocenters. The molecule has 0 bridgehead atoms. The van der Waals surface area contributed by atoms with Crippen molar-refractivity contribution in [2.75, 3.05) is 13.2 Å². The van der Waals surface area contributed by atoms with Crippen molar-refractivity contribution in [1.29, 1.82) is 0 Å². The minimum atomic E-state index is -1.60. The molecule has 2 aliphatic rings. The molecule has 2 saturated heterocycles. The number of rotatable bonds is 16. The molecule has 0 aliphatic carbocycles. The van der Waals surface area contributed by atoms with Gasteiger partial charge in [0.2, 0.25) is 12.2 Å². The summed E-state index contributed by atoms with van der Waals surface area (Å²) in [6, 6.07) is 4.54. The van der Waals surface area contributed by atoms with Crippen LogP contribution in [-0.4, -0.2) is 140 Å².